The molecule has 0 atom stereocenters. The topological polar surface area (TPSA) is 89.5 Å². The first kappa shape index (κ1) is 16.8. The zero-order valence-electron chi connectivity index (χ0n) is 10.8. The molecule has 7 nitrogen and oxygen atoms in total. The number of hydrogen-bond acceptors (Lipinski definition) is 8. The maximum Gasteiger partial charge on any atom is 0.367 e. The fourth-order valence-corrected chi connectivity index (χ4v) is 5.55. The van der Waals surface area contributed by atoms with Gasteiger partial charge in [-0.25, -0.2) is 0 Å². The molecule has 11 heteroatoms. The van der Waals surface area contributed by atoms with E-state index >= 15 is 0 Å². The van der Waals surface area contributed by atoms with Crippen molar-refractivity contribution in [2.45, 2.75) is 0 Å². The fourth-order valence-electron chi connectivity index (χ4n) is 1.96. The quantitative estimate of drug-likeness (QED) is 0.424. The lowest BCUT2D eigenvalue weighted by molar-refractivity contribution is -0.432. The summed E-state index contributed by atoms with van der Waals surface area (Å²) in [5.41, 5.74) is -0.278. The van der Waals surface area contributed by atoms with Crippen molar-refractivity contribution in [1.29, 1.82) is 0 Å². The molecule has 0 aromatic carbocycles. The summed E-state index contributed by atoms with van der Waals surface area (Å²) in [7, 11) is 0. The number of rotatable bonds is 4. The molecule has 21 heavy (non-hydrogen) atoms. The van der Waals surface area contributed by atoms with E-state index in [2.05, 4.69) is 0 Å². The largest absolute Gasteiger partial charge is 0.367 e. The maximum absolute atomic E-state index is 11.5. The van der Waals surface area contributed by atoms with E-state index in [1.54, 1.807) is 16.7 Å². The minimum absolute atomic E-state index is 0.0520. The molecule has 0 radical (unpaired) electrons. The highest BCUT2D eigenvalue weighted by Gasteiger charge is 2.37. The van der Waals surface area contributed by atoms with Gasteiger partial charge in [0, 0.05) is 36.1 Å². The molecule has 0 aliphatic carbocycles. The van der Waals surface area contributed by atoms with E-state index in [1.165, 1.54) is 23.5 Å². The Morgan fingerprint density at radius 1 is 1.05 bits per heavy atom. The van der Waals surface area contributed by atoms with E-state index in [1.807, 2.05) is 0 Å². The molecule has 0 saturated carbocycles. The van der Waals surface area contributed by atoms with E-state index in [4.69, 9.17) is 11.6 Å². The molecule has 0 amide bonds. The zero-order chi connectivity index (χ0) is 15.4. The Labute approximate surface area is 138 Å². The third-order valence-electron chi connectivity index (χ3n) is 2.83. The summed E-state index contributed by atoms with van der Waals surface area (Å²) in [5.74, 6) is 3.06. The smallest absolute Gasteiger partial charge is 0.358 e. The number of nitrogens with zero attached hydrogens (tertiary/aromatic N) is 3. The van der Waals surface area contributed by atoms with Crippen molar-refractivity contribution in [3.63, 3.8) is 0 Å². The average Bonchev–Trinajstić information content (AvgIpc) is 2.98. The first-order valence-electron chi connectivity index (χ1n) is 6.04. The normalized spacial score (nSPS) is 20.2. The summed E-state index contributed by atoms with van der Waals surface area (Å²) in [6.07, 6.45) is 0. The molecule has 0 N–H and O–H groups in total. The molecule has 2 aliphatic rings. The molecule has 116 valence electrons. The molecule has 0 aromatic rings. The summed E-state index contributed by atoms with van der Waals surface area (Å²) in [6, 6.07) is 0. The Kier molecular flexibility index (Phi) is 6.08. The average molecular weight is 370 g/mol. The second-order valence-corrected chi connectivity index (χ2v) is 8.14. The highest BCUT2D eigenvalue weighted by molar-refractivity contribution is 8.25. The van der Waals surface area contributed by atoms with Crippen LogP contribution in [0.25, 0.3) is 0 Å². The van der Waals surface area contributed by atoms with Gasteiger partial charge in [-0.3, -0.25) is 20.2 Å². The van der Waals surface area contributed by atoms with Gasteiger partial charge in [-0.1, -0.05) is 0 Å². The second-order valence-electron chi connectivity index (χ2n) is 4.09. The van der Waals surface area contributed by atoms with Gasteiger partial charge in [0.15, 0.2) is 0 Å². The highest BCUT2D eigenvalue weighted by atomic mass is 35.5. The molecular formula is C10H12ClN3O4S3. The van der Waals surface area contributed by atoms with Crippen LogP contribution in [0, 0.1) is 20.2 Å². The van der Waals surface area contributed by atoms with Crippen LogP contribution in [0.1, 0.15) is 0 Å². The van der Waals surface area contributed by atoms with Crippen molar-refractivity contribution < 1.29 is 9.85 Å². The Morgan fingerprint density at radius 2 is 1.62 bits per heavy atom. The maximum atomic E-state index is 11.5. The van der Waals surface area contributed by atoms with Crippen LogP contribution in [0.3, 0.4) is 0 Å². The Balaban J connectivity index is 2.51. The molecule has 2 fully saturated rings. The molecule has 0 aromatic heterocycles. The van der Waals surface area contributed by atoms with Crippen LogP contribution in [0.2, 0.25) is 0 Å². The fraction of sp³-hybridized carbons (Fsp3) is 0.600. The summed E-state index contributed by atoms with van der Waals surface area (Å²) in [6.45, 7) is 1.04. The van der Waals surface area contributed by atoms with Crippen molar-refractivity contribution >= 4 is 46.9 Å². The van der Waals surface area contributed by atoms with Gasteiger partial charge in [-0.05, 0) is 11.6 Å². The van der Waals surface area contributed by atoms with E-state index in [0.29, 0.717) is 17.3 Å². The second kappa shape index (κ2) is 7.61. The predicted molar refractivity (Wildman–Crippen MR) is 87.7 cm³/mol. The minimum atomic E-state index is -0.757. The number of nitro groups is 2. The number of thioether (sulfide) groups is 3. The van der Waals surface area contributed by atoms with Crippen molar-refractivity contribution in [3.05, 3.63) is 41.0 Å². The molecule has 2 aliphatic heterocycles. The van der Waals surface area contributed by atoms with E-state index in [0.717, 1.165) is 23.0 Å². The molecule has 2 saturated heterocycles. The minimum Gasteiger partial charge on any atom is -0.358 e. The molecule has 2 heterocycles. The van der Waals surface area contributed by atoms with Gasteiger partial charge in [-0.15, -0.1) is 23.5 Å². The van der Waals surface area contributed by atoms with Crippen LogP contribution < -0.4 is 0 Å². The molecule has 0 spiro atoms. The van der Waals surface area contributed by atoms with Gasteiger partial charge in [0.25, 0.3) is 0 Å². The van der Waals surface area contributed by atoms with Crippen molar-refractivity contribution in [2.24, 2.45) is 0 Å². The van der Waals surface area contributed by atoms with Crippen molar-refractivity contribution in [2.75, 3.05) is 36.1 Å². The van der Waals surface area contributed by atoms with Gasteiger partial charge in [0.2, 0.25) is 5.70 Å². The summed E-state index contributed by atoms with van der Waals surface area (Å²) < 4.78 is 0.508. The van der Waals surface area contributed by atoms with E-state index in [9.17, 15) is 20.2 Å². The lowest BCUT2D eigenvalue weighted by atomic mass is 10.3. The molecule has 2 rings (SSSR count). The Hall–Kier alpha value is -0.580. The van der Waals surface area contributed by atoms with Gasteiger partial charge >= 0.3 is 10.9 Å². The van der Waals surface area contributed by atoms with Crippen molar-refractivity contribution in [1.82, 2.24) is 4.90 Å². The van der Waals surface area contributed by atoms with Crippen LogP contribution in [-0.4, -0.2) is 50.8 Å². The molecule has 0 bridgehead atoms. The van der Waals surface area contributed by atoms with Crippen LogP contribution in [0.4, 0.5) is 0 Å². The first-order chi connectivity index (χ1) is 10.0. The van der Waals surface area contributed by atoms with Gasteiger partial charge in [0.1, 0.15) is 4.24 Å². The third-order valence-corrected chi connectivity index (χ3v) is 6.79. The lowest BCUT2D eigenvalue weighted by Gasteiger charge is -2.28. The summed E-state index contributed by atoms with van der Waals surface area (Å²) >= 11 is 10.2. The molecular weight excluding hydrogens is 358 g/mol. The lowest BCUT2D eigenvalue weighted by Crippen LogP contribution is -2.35. The van der Waals surface area contributed by atoms with Crippen molar-refractivity contribution in [3.8, 4) is 0 Å². The van der Waals surface area contributed by atoms with E-state index in [-0.39, 0.29) is 11.4 Å². The first-order valence-corrected chi connectivity index (χ1v) is 9.54. The van der Waals surface area contributed by atoms with Gasteiger partial charge in [0.05, 0.1) is 9.85 Å². The van der Waals surface area contributed by atoms with Gasteiger partial charge < -0.3 is 4.90 Å². The van der Waals surface area contributed by atoms with Crippen LogP contribution in [0.5, 0.6) is 0 Å². The Bertz CT molecular complexity index is 512. The van der Waals surface area contributed by atoms with Crippen LogP contribution in [0.15, 0.2) is 20.8 Å². The van der Waals surface area contributed by atoms with Gasteiger partial charge in [-0.2, -0.15) is 11.8 Å². The van der Waals surface area contributed by atoms with Crippen LogP contribution in [-0.2, 0) is 0 Å². The monoisotopic (exact) mass is 369 g/mol. The number of halogens is 1. The SMILES string of the molecule is O=[N+]([O-])C(=C1SCCS1)/C(=C(\Cl)[N+](=O)[O-])N1CCSCC1. The summed E-state index contributed by atoms with van der Waals surface area (Å²) in [4.78, 5) is 22.9. The highest BCUT2D eigenvalue weighted by Crippen LogP contribution is 2.42. The third kappa shape index (κ3) is 3.99. The Morgan fingerprint density at radius 3 is 2.10 bits per heavy atom. The number of hydrogen-bond donors (Lipinski definition) is 0. The summed E-state index contributed by atoms with van der Waals surface area (Å²) in [5, 5.41) is 21.8. The standard InChI is InChI=1S/C10H12ClN3O4S3/c11-9(14(17)18)7(12-1-3-19-4-2-12)8(13(15)16)10-20-5-6-21-10/h1-6H2/b9-7-. The molecule has 0 unspecified atom stereocenters. The van der Waals surface area contributed by atoms with E-state index < -0.39 is 15.0 Å². The predicted octanol–water partition coefficient (Wildman–Crippen LogP) is 2.65. The van der Waals surface area contributed by atoms with Crippen LogP contribution >= 0.6 is 46.9 Å². The zero-order valence-corrected chi connectivity index (χ0v) is 14.0.